The van der Waals surface area contributed by atoms with Crippen molar-refractivity contribution in [3.63, 3.8) is 0 Å². The molecule has 2 rings (SSSR count). The molecule has 1 atom stereocenters. The molecule has 5 heteroatoms. The van der Waals surface area contributed by atoms with Gasteiger partial charge in [-0.05, 0) is 26.3 Å². The molecule has 1 aliphatic heterocycles. The quantitative estimate of drug-likeness (QED) is 0.846. The molecule has 1 aromatic rings. The first-order valence-electron chi connectivity index (χ1n) is 6.58. The van der Waals surface area contributed by atoms with Crippen LogP contribution in [0, 0.1) is 0 Å². The molecule has 0 radical (unpaired) electrons. The van der Waals surface area contributed by atoms with Crippen LogP contribution in [0.1, 0.15) is 48.8 Å². The van der Waals surface area contributed by atoms with Crippen molar-refractivity contribution in [1.82, 2.24) is 4.98 Å². The van der Waals surface area contributed by atoms with Crippen LogP contribution in [0.3, 0.4) is 0 Å². The van der Waals surface area contributed by atoms with Crippen molar-refractivity contribution >= 4 is 11.8 Å². The van der Waals surface area contributed by atoms with E-state index in [0.29, 0.717) is 25.2 Å². The largest absolute Gasteiger partial charge is 0.462 e. The monoisotopic (exact) mass is 264 g/mol. The zero-order valence-corrected chi connectivity index (χ0v) is 11.7. The van der Waals surface area contributed by atoms with Gasteiger partial charge in [0.05, 0.1) is 24.5 Å². The summed E-state index contributed by atoms with van der Waals surface area (Å²) in [6.07, 6.45) is 1.62. The van der Waals surface area contributed by atoms with Crippen LogP contribution < -0.4 is 5.73 Å². The number of nitrogen functional groups attached to an aromatic ring is 1. The van der Waals surface area contributed by atoms with E-state index in [2.05, 4.69) is 18.8 Å². The van der Waals surface area contributed by atoms with Crippen molar-refractivity contribution in [3.8, 4) is 0 Å². The van der Waals surface area contributed by atoms with Gasteiger partial charge in [-0.25, -0.2) is 9.78 Å². The van der Waals surface area contributed by atoms with Crippen LogP contribution in [0.15, 0.2) is 6.07 Å². The molecule has 5 nitrogen and oxygen atoms in total. The molecule has 2 N–H and O–H groups in total. The fourth-order valence-corrected chi connectivity index (χ4v) is 2.14. The van der Waals surface area contributed by atoms with Gasteiger partial charge < -0.3 is 15.2 Å². The van der Waals surface area contributed by atoms with E-state index in [9.17, 15) is 4.79 Å². The van der Waals surface area contributed by atoms with E-state index in [-0.39, 0.29) is 11.4 Å². The molecule has 1 aromatic heterocycles. The first-order valence-corrected chi connectivity index (χ1v) is 6.58. The SMILES string of the molecule is CCOC(=O)c1cc2c(nc1N)C[C@](C)(CC)OC2. The fourth-order valence-electron chi connectivity index (χ4n) is 2.14. The Bertz CT molecular complexity index is 502. The Morgan fingerprint density at radius 2 is 2.32 bits per heavy atom. The predicted octanol–water partition coefficient (Wildman–Crippen LogP) is 2.08. The zero-order valence-electron chi connectivity index (χ0n) is 11.7. The van der Waals surface area contributed by atoms with Crippen LogP contribution in [0.25, 0.3) is 0 Å². The molecule has 0 amide bonds. The second-order valence-corrected chi connectivity index (χ2v) is 5.02. The minimum absolute atomic E-state index is 0.197. The molecular formula is C14H20N2O3. The molecule has 104 valence electrons. The maximum Gasteiger partial charge on any atom is 0.341 e. The summed E-state index contributed by atoms with van der Waals surface area (Å²) in [5, 5.41) is 0. The third kappa shape index (κ3) is 2.71. The van der Waals surface area contributed by atoms with Gasteiger partial charge >= 0.3 is 5.97 Å². The summed E-state index contributed by atoms with van der Waals surface area (Å²) in [5.41, 5.74) is 7.82. The highest BCUT2D eigenvalue weighted by atomic mass is 16.5. The van der Waals surface area contributed by atoms with Crippen LogP contribution in [-0.4, -0.2) is 23.2 Å². The Labute approximate surface area is 113 Å². The number of nitrogens with zero attached hydrogens (tertiary/aromatic N) is 1. The average molecular weight is 264 g/mol. The lowest BCUT2D eigenvalue weighted by Crippen LogP contribution is -2.35. The Morgan fingerprint density at radius 1 is 1.58 bits per heavy atom. The number of carbonyl (C=O) groups is 1. The van der Waals surface area contributed by atoms with E-state index in [0.717, 1.165) is 17.7 Å². The number of fused-ring (bicyclic) bond motifs is 1. The highest BCUT2D eigenvalue weighted by Gasteiger charge is 2.31. The number of rotatable bonds is 3. The second kappa shape index (κ2) is 5.17. The summed E-state index contributed by atoms with van der Waals surface area (Å²) in [6, 6.07) is 1.74. The number of hydrogen-bond acceptors (Lipinski definition) is 5. The molecule has 19 heavy (non-hydrogen) atoms. The van der Waals surface area contributed by atoms with E-state index < -0.39 is 5.97 Å². The van der Waals surface area contributed by atoms with Crippen molar-refractivity contribution in [1.29, 1.82) is 0 Å². The molecule has 0 saturated heterocycles. The van der Waals surface area contributed by atoms with Crippen molar-refractivity contribution in [2.45, 2.75) is 45.8 Å². The third-order valence-electron chi connectivity index (χ3n) is 3.58. The van der Waals surface area contributed by atoms with Gasteiger partial charge in [-0.3, -0.25) is 0 Å². The van der Waals surface area contributed by atoms with Crippen LogP contribution in [0.2, 0.25) is 0 Å². The van der Waals surface area contributed by atoms with E-state index in [4.69, 9.17) is 15.2 Å². The fraction of sp³-hybridized carbons (Fsp3) is 0.571. The number of anilines is 1. The van der Waals surface area contributed by atoms with Gasteiger partial charge in [0.1, 0.15) is 11.4 Å². The number of hydrogen-bond donors (Lipinski definition) is 1. The van der Waals surface area contributed by atoms with E-state index in [1.165, 1.54) is 0 Å². The smallest absolute Gasteiger partial charge is 0.341 e. The first-order chi connectivity index (χ1) is 8.99. The lowest BCUT2D eigenvalue weighted by Gasteiger charge is -2.34. The van der Waals surface area contributed by atoms with Crippen LogP contribution in [0.5, 0.6) is 0 Å². The topological polar surface area (TPSA) is 74.4 Å². The summed E-state index contributed by atoms with van der Waals surface area (Å²) >= 11 is 0. The van der Waals surface area contributed by atoms with Crippen LogP contribution in [-0.2, 0) is 22.5 Å². The van der Waals surface area contributed by atoms with Crippen molar-refractivity contribution in [2.75, 3.05) is 12.3 Å². The standard InChI is InChI=1S/C14H20N2O3/c1-4-14(3)7-11-9(8-19-14)6-10(12(15)16-11)13(17)18-5-2/h6H,4-5,7-8H2,1-3H3,(H2,15,16)/t14-/m0/s1. The normalized spacial score (nSPS) is 21.8. The van der Waals surface area contributed by atoms with Gasteiger partial charge in [0.2, 0.25) is 0 Å². The number of esters is 1. The van der Waals surface area contributed by atoms with Gasteiger partial charge in [0, 0.05) is 12.0 Å². The van der Waals surface area contributed by atoms with Gasteiger partial charge in [-0.15, -0.1) is 0 Å². The highest BCUT2D eigenvalue weighted by Crippen LogP contribution is 2.31. The third-order valence-corrected chi connectivity index (χ3v) is 3.58. The summed E-state index contributed by atoms with van der Waals surface area (Å²) in [6.45, 7) is 6.68. The molecule has 0 fully saturated rings. The van der Waals surface area contributed by atoms with E-state index >= 15 is 0 Å². The van der Waals surface area contributed by atoms with Gasteiger partial charge in [0.25, 0.3) is 0 Å². The van der Waals surface area contributed by atoms with Crippen molar-refractivity contribution < 1.29 is 14.3 Å². The molecule has 0 unspecified atom stereocenters. The summed E-state index contributed by atoms with van der Waals surface area (Å²) < 4.78 is 10.8. The van der Waals surface area contributed by atoms with Gasteiger partial charge in [0.15, 0.2) is 0 Å². The predicted molar refractivity (Wildman–Crippen MR) is 71.8 cm³/mol. The lowest BCUT2D eigenvalue weighted by atomic mass is 9.91. The van der Waals surface area contributed by atoms with Gasteiger partial charge in [-0.1, -0.05) is 6.92 Å². The minimum atomic E-state index is -0.431. The van der Waals surface area contributed by atoms with Gasteiger partial charge in [-0.2, -0.15) is 0 Å². The molecule has 0 aromatic carbocycles. The lowest BCUT2D eigenvalue weighted by molar-refractivity contribution is -0.0574. The Balaban J connectivity index is 2.33. The molecule has 0 saturated carbocycles. The Morgan fingerprint density at radius 3 is 2.95 bits per heavy atom. The Hall–Kier alpha value is -1.62. The van der Waals surface area contributed by atoms with Crippen LogP contribution >= 0.6 is 0 Å². The van der Waals surface area contributed by atoms with Crippen molar-refractivity contribution in [3.05, 3.63) is 22.9 Å². The number of carbonyl (C=O) groups excluding carboxylic acids is 1. The minimum Gasteiger partial charge on any atom is -0.462 e. The molecule has 0 aliphatic carbocycles. The summed E-state index contributed by atoms with van der Waals surface area (Å²) in [4.78, 5) is 16.1. The molecular weight excluding hydrogens is 244 g/mol. The Kier molecular flexibility index (Phi) is 3.75. The molecule has 2 heterocycles. The molecule has 0 bridgehead atoms. The maximum atomic E-state index is 11.8. The van der Waals surface area contributed by atoms with E-state index in [1.54, 1.807) is 13.0 Å². The number of ether oxygens (including phenoxy) is 2. The number of aromatic nitrogens is 1. The summed E-state index contributed by atoms with van der Waals surface area (Å²) in [5.74, 6) is -0.198. The number of nitrogens with two attached hydrogens (primary N) is 1. The highest BCUT2D eigenvalue weighted by molar-refractivity contribution is 5.94. The summed E-state index contributed by atoms with van der Waals surface area (Å²) in [7, 11) is 0. The first kappa shape index (κ1) is 13.8. The van der Waals surface area contributed by atoms with Crippen LogP contribution in [0.4, 0.5) is 5.82 Å². The van der Waals surface area contributed by atoms with Crippen molar-refractivity contribution in [2.24, 2.45) is 0 Å². The second-order valence-electron chi connectivity index (χ2n) is 5.02. The molecule has 1 aliphatic rings. The molecule has 0 spiro atoms. The average Bonchev–Trinajstić information content (AvgIpc) is 2.38. The maximum absolute atomic E-state index is 11.8. The van der Waals surface area contributed by atoms with E-state index in [1.807, 2.05) is 0 Å². The zero-order chi connectivity index (χ0) is 14.0. The number of pyridine rings is 1.